The van der Waals surface area contributed by atoms with Crippen molar-refractivity contribution in [1.29, 1.82) is 0 Å². The molecule has 0 aliphatic carbocycles. The molecule has 0 radical (unpaired) electrons. The lowest BCUT2D eigenvalue weighted by Crippen LogP contribution is -2.42. The van der Waals surface area contributed by atoms with Gasteiger partial charge in [0.25, 0.3) is 0 Å². The Labute approximate surface area is 131 Å². The van der Waals surface area contributed by atoms with Crippen molar-refractivity contribution in [3.8, 4) is 0 Å². The Morgan fingerprint density at radius 3 is 2.65 bits per heavy atom. The van der Waals surface area contributed by atoms with Gasteiger partial charge in [-0.1, -0.05) is 42.6 Å². The molecular formula is C16H21Cl2NO. The molecule has 0 saturated carbocycles. The van der Waals surface area contributed by atoms with Crippen LogP contribution in [0.2, 0.25) is 10.0 Å². The molecule has 1 aliphatic rings. The van der Waals surface area contributed by atoms with E-state index < -0.39 is 0 Å². The average Bonchev–Trinajstić information content (AvgIpc) is 2.44. The molecule has 4 heteroatoms. The van der Waals surface area contributed by atoms with E-state index in [1.807, 2.05) is 0 Å². The van der Waals surface area contributed by atoms with Gasteiger partial charge in [-0.05, 0) is 43.5 Å². The summed E-state index contributed by atoms with van der Waals surface area (Å²) in [5, 5.41) is 1.16. The van der Waals surface area contributed by atoms with E-state index in [2.05, 4.69) is 11.8 Å². The molecule has 1 fully saturated rings. The van der Waals surface area contributed by atoms with Crippen LogP contribution in [-0.4, -0.2) is 29.8 Å². The number of carbonyl (C=O) groups is 1. The molecule has 0 amide bonds. The van der Waals surface area contributed by atoms with Gasteiger partial charge in [0.05, 0.1) is 6.54 Å². The van der Waals surface area contributed by atoms with Crippen molar-refractivity contribution in [2.75, 3.05) is 13.1 Å². The SMILES string of the molecule is CCC1CCCCN1CC(=O)Cc1c(Cl)cccc1Cl. The maximum atomic E-state index is 12.3. The summed E-state index contributed by atoms with van der Waals surface area (Å²) < 4.78 is 0. The fourth-order valence-corrected chi connectivity index (χ4v) is 3.44. The molecule has 20 heavy (non-hydrogen) atoms. The minimum Gasteiger partial charge on any atom is -0.298 e. The Balaban J connectivity index is 1.98. The number of halogens is 2. The minimum atomic E-state index is 0.195. The van der Waals surface area contributed by atoms with Gasteiger partial charge < -0.3 is 0 Å². The third-order valence-corrected chi connectivity index (χ3v) is 4.74. The summed E-state index contributed by atoms with van der Waals surface area (Å²) in [5.41, 5.74) is 0.755. The van der Waals surface area contributed by atoms with Gasteiger partial charge in [-0.2, -0.15) is 0 Å². The zero-order valence-electron chi connectivity index (χ0n) is 11.9. The van der Waals surface area contributed by atoms with Crippen LogP contribution >= 0.6 is 23.2 Å². The largest absolute Gasteiger partial charge is 0.298 e. The van der Waals surface area contributed by atoms with E-state index in [1.165, 1.54) is 19.3 Å². The second-order valence-electron chi connectivity index (χ2n) is 5.44. The van der Waals surface area contributed by atoms with Crippen molar-refractivity contribution in [2.24, 2.45) is 0 Å². The van der Waals surface area contributed by atoms with Crippen molar-refractivity contribution < 1.29 is 4.79 Å². The molecule has 2 rings (SSSR count). The molecule has 0 spiro atoms. The number of rotatable bonds is 5. The molecule has 110 valence electrons. The summed E-state index contributed by atoms with van der Waals surface area (Å²) in [5.74, 6) is 0.195. The van der Waals surface area contributed by atoms with Crippen LogP contribution in [0.1, 0.15) is 38.2 Å². The topological polar surface area (TPSA) is 20.3 Å². The number of hydrogen-bond acceptors (Lipinski definition) is 2. The van der Waals surface area contributed by atoms with Crippen molar-refractivity contribution in [3.05, 3.63) is 33.8 Å². The van der Waals surface area contributed by atoms with Gasteiger partial charge in [0.1, 0.15) is 0 Å². The van der Waals surface area contributed by atoms with E-state index in [1.54, 1.807) is 18.2 Å². The predicted molar refractivity (Wildman–Crippen MR) is 84.7 cm³/mol. The number of hydrogen-bond donors (Lipinski definition) is 0. The van der Waals surface area contributed by atoms with Crippen LogP contribution < -0.4 is 0 Å². The summed E-state index contributed by atoms with van der Waals surface area (Å²) in [4.78, 5) is 14.6. The standard InChI is InChI=1S/C16H21Cl2NO/c1-2-12-6-3-4-9-19(12)11-13(20)10-14-15(17)7-5-8-16(14)18/h5,7-8,12H,2-4,6,9-11H2,1H3. The van der Waals surface area contributed by atoms with Crippen LogP contribution in [0.15, 0.2) is 18.2 Å². The molecule has 1 aromatic carbocycles. The first-order chi connectivity index (χ1) is 9.61. The maximum Gasteiger partial charge on any atom is 0.151 e. The fourth-order valence-electron chi connectivity index (χ4n) is 2.91. The molecule has 2 nitrogen and oxygen atoms in total. The monoisotopic (exact) mass is 313 g/mol. The zero-order chi connectivity index (χ0) is 14.5. The Bertz CT molecular complexity index is 455. The summed E-state index contributed by atoms with van der Waals surface area (Å²) in [6, 6.07) is 5.92. The van der Waals surface area contributed by atoms with E-state index in [-0.39, 0.29) is 5.78 Å². The first-order valence-corrected chi connectivity index (χ1v) is 8.06. The number of Topliss-reactive ketones (excluding diaryl/α,β-unsaturated/α-hetero) is 1. The molecular weight excluding hydrogens is 293 g/mol. The van der Waals surface area contributed by atoms with Crippen LogP contribution in [0.25, 0.3) is 0 Å². The van der Waals surface area contributed by atoms with Crippen molar-refractivity contribution in [2.45, 2.75) is 45.1 Å². The third kappa shape index (κ3) is 3.97. The summed E-state index contributed by atoms with van der Waals surface area (Å²) in [6.45, 7) is 3.74. The van der Waals surface area contributed by atoms with E-state index in [9.17, 15) is 4.79 Å². The Morgan fingerprint density at radius 1 is 1.30 bits per heavy atom. The lowest BCUT2D eigenvalue weighted by atomic mass is 9.99. The van der Waals surface area contributed by atoms with E-state index in [0.717, 1.165) is 18.5 Å². The quantitative estimate of drug-likeness (QED) is 0.804. The molecule has 1 unspecified atom stereocenters. The second-order valence-corrected chi connectivity index (χ2v) is 6.26. The first-order valence-electron chi connectivity index (χ1n) is 7.30. The minimum absolute atomic E-state index is 0.195. The highest BCUT2D eigenvalue weighted by atomic mass is 35.5. The maximum absolute atomic E-state index is 12.3. The van der Waals surface area contributed by atoms with Gasteiger partial charge >= 0.3 is 0 Å². The average molecular weight is 314 g/mol. The van der Waals surface area contributed by atoms with Gasteiger partial charge in [0.2, 0.25) is 0 Å². The zero-order valence-corrected chi connectivity index (χ0v) is 13.4. The van der Waals surface area contributed by atoms with Gasteiger partial charge in [0.15, 0.2) is 5.78 Å². The Morgan fingerprint density at radius 2 is 2.00 bits per heavy atom. The second kappa shape index (κ2) is 7.44. The fraction of sp³-hybridized carbons (Fsp3) is 0.562. The highest BCUT2D eigenvalue weighted by Gasteiger charge is 2.23. The highest BCUT2D eigenvalue weighted by molar-refractivity contribution is 6.36. The van der Waals surface area contributed by atoms with Crippen LogP contribution in [0.4, 0.5) is 0 Å². The molecule has 1 atom stereocenters. The van der Waals surface area contributed by atoms with E-state index >= 15 is 0 Å². The number of benzene rings is 1. The van der Waals surface area contributed by atoms with Gasteiger partial charge in [0, 0.05) is 22.5 Å². The van der Waals surface area contributed by atoms with Gasteiger partial charge in [-0.25, -0.2) is 0 Å². The van der Waals surface area contributed by atoms with Crippen molar-refractivity contribution in [1.82, 2.24) is 4.90 Å². The Kier molecular flexibility index (Phi) is 5.88. The summed E-state index contributed by atoms with van der Waals surface area (Å²) in [7, 11) is 0. The number of nitrogens with zero attached hydrogens (tertiary/aromatic N) is 1. The molecule has 1 saturated heterocycles. The smallest absolute Gasteiger partial charge is 0.151 e. The first kappa shape index (κ1) is 15.8. The van der Waals surface area contributed by atoms with E-state index in [4.69, 9.17) is 23.2 Å². The third-order valence-electron chi connectivity index (χ3n) is 4.04. The summed E-state index contributed by atoms with van der Waals surface area (Å²) >= 11 is 12.2. The molecule has 0 bridgehead atoms. The van der Waals surface area contributed by atoms with E-state index in [0.29, 0.717) is 29.1 Å². The predicted octanol–water partition coefficient (Wildman–Crippen LogP) is 4.37. The van der Waals surface area contributed by atoms with Crippen molar-refractivity contribution >= 4 is 29.0 Å². The Hall–Kier alpha value is -0.570. The highest BCUT2D eigenvalue weighted by Crippen LogP contribution is 2.25. The number of likely N-dealkylation sites (tertiary alicyclic amines) is 1. The number of piperidine rings is 1. The van der Waals surface area contributed by atoms with Crippen molar-refractivity contribution in [3.63, 3.8) is 0 Å². The lowest BCUT2D eigenvalue weighted by Gasteiger charge is -2.34. The van der Waals surface area contributed by atoms with Gasteiger partial charge in [-0.3, -0.25) is 9.69 Å². The number of ketones is 1. The molecule has 0 aromatic heterocycles. The van der Waals surface area contributed by atoms with Crippen LogP contribution in [0.3, 0.4) is 0 Å². The lowest BCUT2D eigenvalue weighted by molar-refractivity contribution is -0.120. The molecule has 1 aromatic rings. The number of carbonyl (C=O) groups excluding carboxylic acids is 1. The van der Waals surface area contributed by atoms with Crippen LogP contribution in [0, 0.1) is 0 Å². The van der Waals surface area contributed by atoms with Gasteiger partial charge in [-0.15, -0.1) is 0 Å². The normalized spacial score (nSPS) is 20.1. The summed E-state index contributed by atoms with van der Waals surface area (Å²) in [6.07, 6.45) is 5.11. The molecule has 0 N–H and O–H groups in total. The van der Waals surface area contributed by atoms with Crippen LogP contribution in [0.5, 0.6) is 0 Å². The van der Waals surface area contributed by atoms with Crippen LogP contribution in [-0.2, 0) is 11.2 Å². The molecule has 1 heterocycles. The molecule has 1 aliphatic heterocycles.